The van der Waals surface area contributed by atoms with E-state index < -0.39 is 73.6 Å². The second-order valence-corrected chi connectivity index (χ2v) is 12.5. The largest absolute Gasteiger partial charge is 0.462 e. The van der Waals surface area contributed by atoms with Crippen molar-refractivity contribution in [2.24, 2.45) is 5.92 Å². The number of ether oxygens (including phenoxy) is 3. The van der Waals surface area contributed by atoms with E-state index in [2.05, 4.69) is 10.1 Å². The fourth-order valence-corrected chi connectivity index (χ4v) is 5.76. The SMILES string of the molecule is Cc1ccn([C@]2(C#N)O[C@H](CO[P@@](=O)(N[C@@H](C)C(=O)OC(C)C)Oc3ccccc3)[C@@H](OC(=O)C(C)C)[C@@]2(C)O)c(=O)n1. The summed E-state index contributed by atoms with van der Waals surface area (Å²) in [6, 6.07) is 10.1. The van der Waals surface area contributed by atoms with Crippen LogP contribution in [0.3, 0.4) is 0 Å². The molecule has 2 heterocycles. The number of nitrogens with zero attached hydrogens (tertiary/aromatic N) is 3. The van der Waals surface area contributed by atoms with Gasteiger partial charge in [-0.1, -0.05) is 32.0 Å². The Bertz CT molecular complexity index is 1460. The molecule has 1 aliphatic rings. The Hall–Kier alpha value is -3.60. The van der Waals surface area contributed by atoms with Crippen molar-refractivity contribution in [2.45, 2.75) is 84.1 Å². The highest BCUT2D eigenvalue weighted by Crippen LogP contribution is 2.49. The summed E-state index contributed by atoms with van der Waals surface area (Å²) < 4.78 is 42.9. The minimum atomic E-state index is -4.42. The molecule has 6 atom stereocenters. The summed E-state index contributed by atoms with van der Waals surface area (Å²) in [5, 5.41) is 24.6. The van der Waals surface area contributed by atoms with E-state index in [1.54, 1.807) is 52.8 Å². The summed E-state index contributed by atoms with van der Waals surface area (Å²) in [4.78, 5) is 41.9. The molecule has 0 radical (unpaired) electrons. The molecule has 3 rings (SSSR count). The number of hydrogen-bond donors (Lipinski definition) is 2. The topological polar surface area (TPSA) is 188 Å². The number of carbonyl (C=O) groups excluding carboxylic acids is 2. The summed E-state index contributed by atoms with van der Waals surface area (Å²) in [6.07, 6.45) is -2.28. The molecule has 43 heavy (non-hydrogen) atoms. The molecule has 2 aromatic rings. The number of nitrogens with one attached hydrogen (secondary N) is 1. The van der Waals surface area contributed by atoms with Crippen LogP contribution in [-0.2, 0) is 38.6 Å². The number of aryl methyl sites for hydroxylation is 1. The zero-order valence-corrected chi connectivity index (χ0v) is 25.9. The number of para-hydroxylation sites is 1. The van der Waals surface area contributed by atoms with Crippen molar-refractivity contribution < 1.29 is 42.5 Å². The monoisotopic (exact) mass is 620 g/mol. The molecule has 0 unspecified atom stereocenters. The maximum Gasteiger partial charge on any atom is 0.459 e. The van der Waals surface area contributed by atoms with Crippen LogP contribution < -0.4 is 15.3 Å². The van der Waals surface area contributed by atoms with Crippen molar-refractivity contribution >= 4 is 19.7 Å². The molecule has 234 valence electrons. The predicted molar refractivity (Wildman–Crippen MR) is 151 cm³/mol. The van der Waals surface area contributed by atoms with Crippen LogP contribution in [-0.4, -0.2) is 63.2 Å². The number of rotatable bonds is 12. The molecule has 15 heteroatoms. The Labute approximate surface area is 249 Å². The number of aromatic nitrogens is 2. The van der Waals surface area contributed by atoms with E-state index >= 15 is 0 Å². The minimum Gasteiger partial charge on any atom is -0.462 e. The minimum absolute atomic E-state index is 0.133. The molecule has 0 amide bonds. The Morgan fingerprint density at radius 3 is 2.40 bits per heavy atom. The zero-order valence-electron chi connectivity index (χ0n) is 25.0. The van der Waals surface area contributed by atoms with Gasteiger partial charge in [-0.25, -0.2) is 9.36 Å². The van der Waals surface area contributed by atoms with Crippen LogP contribution in [0, 0.1) is 24.2 Å². The van der Waals surface area contributed by atoms with Gasteiger partial charge < -0.3 is 23.8 Å². The number of nitriles is 1. The van der Waals surface area contributed by atoms with Crippen molar-refractivity contribution in [3.63, 3.8) is 0 Å². The zero-order chi connectivity index (χ0) is 32.2. The number of esters is 2. The Morgan fingerprint density at radius 1 is 1.19 bits per heavy atom. The van der Waals surface area contributed by atoms with Crippen LogP contribution in [0.25, 0.3) is 0 Å². The third kappa shape index (κ3) is 7.49. The quantitative estimate of drug-likeness (QED) is 0.260. The second-order valence-electron chi connectivity index (χ2n) is 10.8. The first kappa shape index (κ1) is 33.9. The number of aliphatic hydroxyl groups is 1. The van der Waals surface area contributed by atoms with Crippen LogP contribution in [0.2, 0.25) is 0 Å². The number of carbonyl (C=O) groups is 2. The predicted octanol–water partition coefficient (Wildman–Crippen LogP) is 2.58. The average molecular weight is 621 g/mol. The van der Waals surface area contributed by atoms with Crippen molar-refractivity contribution in [1.29, 1.82) is 5.26 Å². The number of benzene rings is 1. The Morgan fingerprint density at radius 2 is 1.84 bits per heavy atom. The molecule has 1 aliphatic heterocycles. The van der Waals surface area contributed by atoms with Gasteiger partial charge in [0, 0.05) is 11.9 Å². The second kappa shape index (κ2) is 13.4. The molecule has 0 bridgehead atoms. The molecule has 1 saturated heterocycles. The third-order valence-electron chi connectivity index (χ3n) is 6.48. The average Bonchev–Trinajstić information content (AvgIpc) is 3.13. The van der Waals surface area contributed by atoms with Gasteiger partial charge in [0.2, 0.25) is 0 Å². The molecule has 1 aromatic carbocycles. The van der Waals surface area contributed by atoms with E-state index in [0.717, 1.165) is 4.57 Å². The molecule has 1 aromatic heterocycles. The highest BCUT2D eigenvalue weighted by molar-refractivity contribution is 7.52. The van der Waals surface area contributed by atoms with E-state index in [4.69, 9.17) is 23.3 Å². The first-order chi connectivity index (χ1) is 20.0. The molecule has 14 nitrogen and oxygen atoms in total. The lowest BCUT2D eigenvalue weighted by molar-refractivity contribution is -0.173. The molecule has 1 fully saturated rings. The summed E-state index contributed by atoms with van der Waals surface area (Å²) >= 11 is 0. The Balaban J connectivity index is 2.01. The summed E-state index contributed by atoms with van der Waals surface area (Å²) in [7, 11) is -4.42. The molecular weight excluding hydrogens is 583 g/mol. The van der Waals surface area contributed by atoms with E-state index in [1.165, 1.54) is 38.2 Å². The van der Waals surface area contributed by atoms with Gasteiger partial charge in [-0.15, -0.1) is 0 Å². The van der Waals surface area contributed by atoms with Crippen LogP contribution in [0.5, 0.6) is 5.75 Å². The van der Waals surface area contributed by atoms with Crippen molar-refractivity contribution in [2.75, 3.05) is 6.61 Å². The van der Waals surface area contributed by atoms with Crippen LogP contribution >= 0.6 is 7.75 Å². The number of hydrogen-bond acceptors (Lipinski definition) is 12. The van der Waals surface area contributed by atoms with Gasteiger partial charge in [0.25, 0.3) is 5.72 Å². The van der Waals surface area contributed by atoms with Gasteiger partial charge in [-0.05, 0) is 52.8 Å². The first-order valence-electron chi connectivity index (χ1n) is 13.6. The molecule has 0 spiro atoms. The van der Waals surface area contributed by atoms with Gasteiger partial charge in [0.05, 0.1) is 18.6 Å². The van der Waals surface area contributed by atoms with Crippen LogP contribution in [0.1, 0.15) is 47.2 Å². The summed E-state index contributed by atoms with van der Waals surface area (Å²) in [6.45, 7) is 9.88. The lowest BCUT2D eigenvalue weighted by Crippen LogP contribution is -2.58. The van der Waals surface area contributed by atoms with Crippen LogP contribution in [0.4, 0.5) is 0 Å². The smallest absolute Gasteiger partial charge is 0.459 e. The lowest BCUT2D eigenvalue weighted by Gasteiger charge is -2.35. The standard InChI is InChI=1S/C28H37N4O10P/c1-17(2)24(33)40-23-22(41-28(16-29,27(23,7)36)32-14-13-19(5)30-26(32)35)15-38-43(37,42-21-11-9-8-10-12-21)31-20(6)25(34)39-18(3)4/h8-14,17-18,20,22-23,36H,15H2,1-7H3,(H,31,37)/t20-,22+,23+,27+,28+,43-/m0/s1. The van der Waals surface area contributed by atoms with Crippen molar-refractivity contribution in [1.82, 2.24) is 14.6 Å². The van der Waals surface area contributed by atoms with E-state index in [9.17, 15) is 29.3 Å². The summed E-state index contributed by atoms with van der Waals surface area (Å²) in [5.41, 5.74) is -5.33. The summed E-state index contributed by atoms with van der Waals surface area (Å²) in [5.74, 6) is -1.98. The van der Waals surface area contributed by atoms with E-state index in [-0.39, 0.29) is 5.75 Å². The van der Waals surface area contributed by atoms with Gasteiger partial charge in [0.15, 0.2) is 11.7 Å². The van der Waals surface area contributed by atoms with E-state index in [0.29, 0.717) is 5.69 Å². The maximum atomic E-state index is 14.0. The lowest BCUT2D eigenvalue weighted by atomic mass is 9.88. The highest BCUT2D eigenvalue weighted by atomic mass is 31.2. The van der Waals surface area contributed by atoms with Gasteiger partial charge in [-0.2, -0.15) is 15.3 Å². The third-order valence-corrected chi connectivity index (χ3v) is 8.13. The molecular formula is C28H37N4O10P. The van der Waals surface area contributed by atoms with Crippen LogP contribution in [0.15, 0.2) is 47.4 Å². The fourth-order valence-electron chi connectivity index (χ4n) is 4.26. The fraction of sp³-hybridized carbons (Fsp3) is 0.536. The molecule has 0 aliphatic carbocycles. The van der Waals surface area contributed by atoms with Gasteiger partial charge >= 0.3 is 25.4 Å². The van der Waals surface area contributed by atoms with Crippen molar-refractivity contribution in [3.05, 3.63) is 58.8 Å². The van der Waals surface area contributed by atoms with Crippen molar-refractivity contribution in [3.8, 4) is 11.8 Å². The highest BCUT2D eigenvalue weighted by Gasteiger charge is 2.67. The van der Waals surface area contributed by atoms with Gasteiger partial charge in [0.1, 0.15) is 24.0 Å². The maximum absolute atomic E-state index is 14.0. The normalized spacial score (nSPS) is 25.5. The molecule has 2 N–H and O–H groups in total. The molecule has 0 saturated carbocycles. The first-order valence-corrected chi connectivity index (χ1v) is 15.2. The Kier molecular flexibility index (Phi) is 10.5. The van der Waals surface area contributed by atoms with E-state index in [1.807, 2.05) is 6.07 Å². The van der Waals surface area contributed by atoms with Gasteiger partial charge in [-0.3, -0.25) is 18.7 Å².